The highest BCUT2D eigenvalue weighted by molar-refractivity contribution is 5.87. The van der Waals surface area contributed by atoms with Crippen LogP contribution in [0.5, 0.6) is 0 Å². The number of rotatable bonds is 2. The minimum absolute atomic E-state index is 0.229. The van der Waals surface area contributed by atoms with Crippen LogP contribution in [0.4, 0.5) is 5.82 Å². The number of anilines is 1. The van der Waals surface area contributed by atoms with E-state index in [1.807, 2.05) is 0 Å². The zero-order valence-electron chi connectivity index (χ0n) is 15.2. The smallest absolute Gasteiger partial charge is 0.230 e. The number of fused-ring (bicyclic) bond motifs is 1. The van der Waals surface area contributed by atoms with Gasteiger partial charge in [0.25, 0.3) is 0 Å². The zero-order valence-corrected chi connectivity index (χ0v) is 15.2. The van der Waals surface area contributed by atoms with Gasteiger partial charge in [0.1, 0.15) is 11.8 Å². The van der Waals surface area contributed by atoms with Crippen LogP contribution in [-0.4, -0.2) is 56.4 Å². The van der Waals surface area contributed by atoms with Crippen molar-refractivity contribution in [3.8, 4) is 0 Å². The van der Waals surface area contributed by atoms with Gasteiger partial charge >= 0.3 is 0 Å². The van der Waals surface area contributed by atoms with E-state index in [4.69, 9.17) is 0 Å². The molecule has 1 N–H and O–H groups in total. The lowest BCUT2D eigenvalue weighted by Crippen LogP contribution is -2.54. The second kappa shape index (κ2) is 6.21. The van der Waals surface area contributed by atoms with Crippen LogP contribution in [0.15, 0.2) is 12.7 Å². The lowest BCUT2D eigenvalue weighted by atomic mass is 9.77. The number of carbonyl (C=O) groups is 1. The summed E-state index contributed by atoms with van der Waals surface area (Å²) in [5, 5.41) is 0. The number of nitrogens with zero attached hydrogens (tertiary/aromatic N) is 5. The zero-order chi connectivity index (χ0) is 17.6. The minimum Gasteiger partial charge on any atom is -0.354 e. The number of imidazole rings is 1. The second-order valence-electron chi connectivity index (χ2n) is 8.14. The first kappa shape index (κ1) is 16.0. The van der Waals surface area contributed by atoms with E-state index in [1.165, 1.54) is 32.1 Å². The number of H-pyrrole nitrogens is 1. The largest absolute Gasteiger partial charge is 0.354 e. The Hall–Kier alpha value is -2.18. The summed E-state index contributed by atoms with van der Waals surface area (Å²) in [6.07, 6.45) is 12.5. The fourth-order valence-electron chi connectivity index (χ4n) is 5.27. The molecule has 0 bridgehead atoms. The van der Waals surface area contributed by atoms with Gasteiger partial charge < -0.3 is 14.8 Å². The van der Waals surface area contributed by atoms with E-state index in [2.05, 4.69) is 29.7 Å². The fourth-order valence-corrected chi connectivity index (χ4v) is 5.27. The van der Waals surface area contributed by atoms with Gasteiger partial charge in [-0.1, -0.05) is 19.3 Å². The van der Waals surface area contributed by atoms with E-state index in [1.54, 1.807) is 12.7 Å². The van der Waals surface area contributed by atoms with Crippen molar-refractivity contribution in [3.63, 3.8) is 0 Å². The van der Waals surface area contributed by atoms with Crippen LogP contribution in [0.1, 0.15) is 51.4 Å². The maximum absolute atomic E-state index is 13.5. The first-order chi connectivity index (χ1) is 12.8. The number of amides is 1. The molecular weight excluding hydrogens is 328 g/mol. The van der Waals surface area contributed by atoms with Gasteiger partial charge in [-0.3, -0.25) is 4.79 Å². The molecule has 2 aliphatic heterocycles. The van der Waals surface area contributed by atoms with E-state index in [9.17, 15) is 4.79 Å². The summed E-state index contributed by atoms with van der Waals surface area (Å²) in [5.41, 5.74) is 1.33. The Morgan fingerprint density at radius 3 is 2.81 bits per heavy atom. The number of carbonyl (C=O) groups excluding carboxylic acids is 1. The molecule has 5 rings (SSSR count). The molecule has 1 atom stereocenters. The summed E-state index contributed by atoms with van der Waals surface area (Å²) >= 11 is 0. The molecule has 1 spiro atoms. The van der Waals surface area contributed by atoms with Gasteiger partial charge in [-0.2, -0.15) is 0 Å². The van der Waals surface area contributed by atoms with Gasteiger partial charge in [0.2, 0.25) is 5.91 Å². The van der Waals surface area contributed by atoms with Gasteiger partial charge in [0.15, 0.2) is 11.5 Å². The fraction of sp³-hybridized carbons (Fsp3) is 0.684. The van der Waals surface area contributed by atoms with E-state index in [-0.39, 0.29) is 5.41 Å². The van der Waals surface area contributed by atoms with Gasteiger partial charge in [-0.25, -0.2) is 15.0 Å². The molecule has 26 heavy (non-hydrogen) atoms. The Morgan fingerprint density at radius 1 is 1.04 bits per heavy atom. The molecule has 0 aromatic carbocycles. The van der Waals surface area contributed by atoms with Crippen molar-refractivity contribution in [2.75, 3.05) is 24.5 Å². The predicted octanol–water partition coefficient (Wildman–Crippen LogP) is 2.50. The van der Waals surface area contributed by atoms with Crippen molar-refractivity contribution >= 4 is 22.9 Å². The number of hydrogen-bond acceptors (Lipinski definition) is 5. The highest BCUT2D eigenvalue weighted by atomic mass is 16.2. The van der Waals surface area contributed by atoms with E-state index >= 15 is 0 Å². The second-order valence-corrected chi connectivity index (χ2v) is 8.14. The van der Waals surface area contributed by atoms with Crippen LogP contribution < -0.4 is 4.90 Å². The summed E-state index contributed by atoms with van der Waals surface area (Å²) in [5.74, 6) is 1.28. The quantitative estimate of drug-likeness (QED) is 0.896. The summed E-state index contributed by atoms with van der Waals surface area (Å²) in [4.78, 5) is 34.1. The number of nitrogens with one attached hydrogen (secondary N) is 1. The number of aromatic amines is 1. The molecule has 2 saturated heterocycles. The topological polar surface area (TPSA) is 78.0 Å². The Kier molecular flexibility index (Phi) is 3.83. The van der Waals surface area contributed by atoms with Crippen molar-refractivity contribution in [1.82, 2.24) is 24.8 Å². The first-order valence-corrected chi connectivity index (χ1v) is 9.97. The SMILES string of the molecule is O=C1N(C2CCCCC2)CCC[C@@]12CCN(c1ncnc3nc[nH]c13)C2. The van der Waals surface area contributed by atoms with Crippen molar-refractivity contribution in [2.24, 2.45) is 5.41 Å². The number of aromatic nitrogens is 4. The molecule has 1 aliphatic carbocycles. The Bertz CT molecular complexity index is 813. The molecule has 1 amide bonds. The number of piperidine rings is 1. The Balaban J connectivity index is 1.40. The maximum Gasteiger partial charge on any atom is 0.230 e. The third kappa shape index (κ3) is 2.47. The summed E-state index contributed by atoms with van der Waals surface area (Å²) in [6, 6.07) is 0.473. The number of likely N-dealkylation sites (tertiary alicyclic amines) is 1. The standard InChI is InChI=1S/C19H26N6O/c26-18-19(7-4-9-25(18)14-5-2-1-3-6-14)8-10-24(11-19)17-15-16(21-12-20-15)22-13-23-17/h12-14H,1-11H2,(H,20,21,22,23)/t19-/m0/s1. The number of hydrogen-bond donors (Lipinski definition) is 1. The van der Waals surface area contributed by atoms with Crippen LogP contribution in [0.3, 0.4) is 0 Å². The van der Waals surface area contributed by atoms with Gasteiger partial charge in [0.05, 0.1) is 11.7 Å². The van der Waals surface area contributed by atoms with Crippen LogP contribution in [-0.2, 0) is 4.79 Å². The Morgan fingerprint density at radius 2 is 1.92 bits per heavy atom. The van der Waals surface area contributed by atoms with Crippen LogP contribution in [0.2, 0.25) is 0 Å². The van der Waals surface area contributed by atoms with Crippen LogP contribution in [0.25, 0.3) is 11.2 Å². The van der Waals surface area contributed by atoms with Crippen molar-refractivity contribution in [2.45, 2.75) is 57.4 Å². The molecule has 0 unspecified atom stereocenters. The van der Waals surface area contributed by atoms with Crippen LogP contribution in [0, 0.1) is 5.41 Å². The average molecular weight is 354 g/mol. The molecular formula is C19H26N6O. The Labute approximate surface area is 153 Å². The van der Waals surface area contributed by atoms with E-state index in [0.717, 1.165) is 50.2 Å². The molecule has 0 radical (unpaired) electrons. The highest BCUT2D eigenvalue weighted by Gasteiger charge is 2.50. The van der Waals surface area contributed by atoms with Crippen molar-refractivity contribution < 1.29 is 4.79 Å². The van der Waals surface area contributed by atoms with Crippen molar-refractivity contribution in [1.29, 1.82) is 0 Å². The molecule has 1 saturated carbocycles. The monoisotopic (exact) mass is 354 g/mol. The molecule has 7 heteroatoms. The predicted molar refractivity (Wildman–Crippen MR) is 98.8 cm³/mol. The van der Waals surface area contributed by atoms with Gasteiger partial charge in [-0.05, 0) is 32.1 Å². The summed E-state index contributed by atoms with van der Waals surface area (Å²) < 4.78 is 0. The van der Waals surface area contributed by atoms with Crippen molar-refractivity contribution in [3.05, 3.63) is 12.7 Å². The van der Waals surface area contributed by atoms with Gasteiger partial charge in [0, 0.05) is 25.7 Å². The molecule has 3 aliphatic rings. The lowest BCUT2D eigenvalue weighted by Gasteiger charge is -2.44. The molecule has 4 heterocycles. The molecule has 3 fully saturated rings. The normalized spacial score (nSPS) is 27.8. The minimum atomic E-state index is -0.229. The van der Waals surface area contributed by atoms with E-state index in [0.29, 0.717) is 17.6 Å². The maximum atomic E-state index is 13.5. The average Bonchev–Trinajstić information content (AvgIpc) is 3.32. The molecule has 2 aromatic heterocycles. The molecule has 7 nitrogen and oxygen atoms in total. The molecule has 138 valence electrons. The first-order valence-electron chi connectivity index (χ1n) is 9.97. The third-order valence-electron chi connectivity index (χ3n) is 6.64. The van der Waals surface area contributed by atoms with E-state index < -0.39 is 0 Å². The summed E-state index contributed by atoms with van der Waals surface area (Å²) in [7, 11) is 0. The third-order valence-corrected chi connectivity index (χ3v) is 6.64. The van der Waals surface area contributed by atoms with Gasteiger partial charge in [-0.15, -0.1) is 0 Å². The summed E-state index contributed by atoms with van der Waals surface area (Å²) in [6.45, 7) is 2.58. The molecule has 2 aromatic rings. The van der Waals surface area contributed by atoms with Crippen LogP contribution >= 0.6 is 0 Å². The highest BCUT2D eigenvalue weighted by Crippen LogP contribution is 2.43. The lowest BCUT2D eigenvalue weighted by molar-refractivity contribution is -0.148.